The molecule has 7 nitrogen and oxygen atoms in total. The van der Waals surface area contributed by atoms with Gasteiger partial charge >= 0.3 is 0 Å². The van der Waals surface area contributed by atoms with Crippen LogP contribution in [-0.2, 0) is 9.59 Å². The van der Waals surface area contributed by atoms with Gasteiger partial charge in [0, 0.05) is 40.9 Å². The molecule has 4 N–H and O–H groups in total. The van der Waals surface area contributed by atoms with Crippen LogP contribution < -0.4 is 16.1 Å². The Kier molecular flexibility index (Phi) is 5.66. The topological polar surface area (TPSA) is 104 Å². The Morgan fingerprint density at radius 2 is 1.91 bits per heavy atom. The first-order valence-electron chi connectivity index (χ1n) is 10.7. The minimum absolute atomic E-state index is 0.00994. The maximum Gasteiger partial charge on any atom is 0.267 e. The monoisotopic (exact) mass is 457 g/mol. The molecular formula is C25H23N5O2S. The summed E-state index contributed by atoms with van der Waals surface area (Å²) < 4.78 is 0. The number of rotatable bonds is 7. The SMILES string of the molecule is NC(=O)[C@@H]1CC(C(=O)NC[C@H](c2cccs2)c2c[nH]c3ccccc23)=NN1c1ccccc1. The highest BCUT2D eigenvalue weighted by Crippen LogP contribution is 2.33. The summed E-state index contributed by atoms with van der Waals surface area (Å²) >= 11 is 1.66. The summed E-state index contributed by atoms with van der Waals surface area (Å²) in [6.45, 7) is 0.410. The van der Waals surface area contributed by atoms with Gasteiger partial charge < -0.3 is 16.0 Å². The van der Waals surface area contributed by atoms with Crippen molar-refractivity contribution in [1.29, 1.82) is 0 Å². The molecule has 0 fully saturated rings. The Labute approximate surface area is 194 Å². The molecule has 8 heteroatoms. The number of benzene rings is 2. The summed E-state index contributed by atoms with van der Waals surface area (Å²) in [5, 5.41) is 12.2. The second-order valence-corrected chi connectivity index (χ2v) is 8.90. The van der Waals surface area contributed by atoms with E-state index in [1.165, 1.54) is 5.01 Å². The fraction of sp³-hybridized carbons (Fsp3) is 0.160. The maximum absolute atomic E-state index is 13.1. The fourth-order valence-electron chi connectivity index (χ4n) is 4.22. The normalized spacial score (nSPS) is 16.5. The Hall–Kier alpha value is -3.91. The van der Waals surface area contributed by atoms with Crippen molar-refractivity contribution in [2.24, 2.45) is 10.8 Å². The van der Waals surface area contributed by atoms with E-state index in [1.807, 2.05) is 66.2 Å². The van der Waals surface area contributed by atoms with Crippen molar-refractivity contribution in [3.8, 4) is 0 Å². The number of hydrogen-bond acceptors (Lipinski definition) is 5. The first kappa shape index (κ1) is 21.0. The van der Waals surface area contributed by atoms with Crippen LogP contribution in [0.2, 0.25) is 0 Å². The van der Waals surface area contributed by atoms with E-state index in [0.29, 0.717) is 12.3 Å². The van der Waals surface area contributed by atoms with Crippen molar-refractivity contribution in [2.45, 2.75) is 18.4 Å². The van der Waals surface area contributed by atoms with E-state index in [9.17, 15) is 9.59 Å². The number of nitrogens with one attached hydrogen (secondary N) is 2. The first-order valence-corrected chi connectivity index (χ1v) is 11.6. The number of amides is 2. The highest BCUT2D eigenvalue weighted by Gasteiger charge is 2.35. The molecule has 1 aliphatic heterocycles. The Bertz CT molecular complexity index is 1310. The maximum atomic E-state index is 13.1. The summed E-state index contributed by atoms with van der Waals surface area (Å²) in [6.07, 6.45) is 2.18. The molecule has 2 amide bonds. The standard InChI is InChI=1S/C25H23N5O2S/c26-24(31)22-13-21(29-30(22)16-7-2-1-3-8-16)25(32)28-15-19(23-11-6-12-33-23)18-14-27-20-10-5-4-9-17(18)20/h1-12,14,19,22,27H,13,15H2,(H2,26,31)(H,28,32)/t19-,22-/m0/s1. The number of carbonyl (C=O) groups excluding carboxylic acids is 2. The number of nitrogens with two attached hydrogens (primary N) is 1. The molecule has 4 aromatic rings. The molecular weight excluding hydrogens is 434 g/mol. The molecule has 1 aliphatic rings. The van der Waals surface area contributed by atoms with Crippen LogP contribution in [0.3, 0.4) is 0 Å². The van der Waals surface area contributed by atoms with Gasteiger partial charge in [0.05, 0.1) is 5.69 Å². The largest absolute Gasteiger partial charge is 0.368 e. The van der Waals surface area contributed by atoms with Crippen molar-refractivity contribution in [3.63, 3.8) is 0 Å². The number of para-hydroxylation sites is 2. The van der Waals surface area contributed by atoms with E-state index in [1.54, 1.807) is 11.3 Å². The van der Waals surface area contributed by atoms with Crippen molar-refractivity contribution < 1.29 is 9.59 Å². The molecule has 2 atom stereocenters. The van der Waals surface area contributed by atoms with Gasteiger partial charge in [0.2, 0.25) is 5.91 Å². The lowest BCUT2D eigenvalue weighted by atomic mass is 9.96. The van der Waals surface area contributed by atoms with Gasteiger partial charge in [-0.05, 0) is 35.2 Å². The molecule has 3 heterocycles. The number of primary amides is 1. The van der Waals surface area contributed by atoms with E-state index < -0.39 is 11.9 Å². The second kappa shape index (κ2) is 8.91. The average Bonchev–Trinajstić information content (AvgIpc) is 3.60. The minimum atomic E-state index is -0.685. The van der Waals surface area contributed by atoms with Crippen LogP contribution in [0.15, 0.2) is 83.4 Å². The lowest BCUT2D eigenvalue weighted by Gasteiger charge is -2.20. The number of fused-ring (bicyclic) bond motifs is 1. The van der Waals surface area contributed by atoms with E-state index in [2.05, 4.69) is 27.5 Å². The highest BCUT2D eigenvalue weighted by molar-refractivity contribution is 7.10. The Balaban J connectivity index is 1.38. The molecule has 0 unspecified atom stereocenters. The number of thiophene rings is 1. The van der Waals surface area contributed by atoms with Gasteiger partial charge in [0.1, 0.15) is 11.8 Å². The zero-order chi connectivity index (χ0) is 22.8. The molecule has 33 heavy (non-hydrogen) atoms. The molecule has 2 aromatic carbocycles. The quantitative estimate of drug-likeness (QED) is 0.395. The summed E-state index contributed by atoms with van der Waals surface area (Å²) in [7, 11) is 0. The lowest BCUT2D eigenvalue weighted by molar-refractivity contribution is -0.119. The number of carbonyl (C=O) groups is 2. The van der Waals surface area contributed by atoms with Gasteiger partial charge in [-0.2, -0.15) is 5.10 Å². The molecule has 0 radical (unpaired) electrons. The van der Waals surface area contributed by atoms with Crippen LogP contribution in [0.4, 0.5) is 5.69 Å². The number of hydrogen-bond donors (Lipinski definition) is 3. The molecule has 166 valence electrons. The summed E-state index contributed by atoms with van der Waals surface area (Å²) in [5.41, 5.74) is 8.81. The molecule has 0 saturated heterocycles. The van der Waals surface area contributed by atoms with Gasteiger partial charge in [0.25, 0.3) is 5.91 Å². The van der Waals surface area contributed by atoms with Crippen LogP contribution in [0.25, 0.3) is 10.9 Å². The van der Waals surface area contributed by atoms with Crippen molar-refractivity contribution >= 4 is 45.5 Å². The van der Waals surface area contributed by atoms with E-state index in [4.69, 9.17) is 5.73 Å². The summed E-state index contributed by atoms with van der Waals surface area (Å²) in [6, 6.07) is 20.8. The van der Waals surface area contributed by atoms with E-state index in [0.717, 1.165) is 27.0 Å². The van der Waals surface area contributed by atoms with Crippen LogP contribution >= 0.6 is 11.3 Å². The summed E-state index contributed by atoms with van der Waals surface area (Å²) in [4.78, 5) is 29.6. The van der Waals surface area contributed by atoms with Crippen LogP contribution in [0, 0.1) is 0 Å². The number of H-pyrrole nitrogens is 1. The fourth-order valence-corrected chi connectivity index (χ4v) is 5.07. The Morgan fingerprint density at radius 3 is 2.67 bits per heavy atom. The van der Waals surface area contributed by atoms with Gasteiger partial charge in [0.15, 0.2) is 0 Å². The van der Waals surface area contributed by atoms with Crippen molar-refractivity contribution in [3.05, 3.63) is 88.7 Å². The number of anilines is 1. The van der Waals surface area contributed by atoms with Gasteiger partial charge in [-0.1, -0.05) is 42.5 Å². The predicted molar refractivity (Wildman–Crippen MR) is 131 cm³/mol. The second-order valence-electron chi connectivity index (χ2n) is 7.92. The molecule has 5 rings (SSSR count). The van der Waals surface area contributed by atoms with Gasteiger partial charge in [-0.3, -0.25) is 14.6 Å². The van der Waals surface area contributed by atoms with Crippen LogP contribution in [-0.4, -0.2) is 35.1 Å². The number of nitrogens with zero attached hydrogens (tertiary/aromatic N) is 2. The number of aromatic amines is 1. The van der Waals surface area contributed by atoms with Crippen LogP contribution in [0.1, 0.15) is 22.8 Å². The summed E-state index contributed by atoms with van der Waals surface area (Å²) in [5.74, 6) is -0.814. The minimum Gasteiger partial charge on any atom is -0.368 e. The van der Waals surface area contributed by atoms with Gasteiger partial charge in [-0.15, -0.1) is 11.3 Å². The Morgan fingerprint density at radius 1 is 1.12 bits per heavy atom. The molecule has 0 aliphatic carbocycles. The zero-order valence-corrected chi connectivity index (χ0v) is 18.6. The first-order chi connectivity index (χ1) is 16.1. The number of hydrazone groups is 1. The predicted octanol–water partition coefficient (Wildman–Crippen LogP) is 3.60. The zero-order valence-electron chi connectivity index (χ0n) is 17.8. The average molecular weight is 458 g/mol. The van der Waals surface area contributed by atoms with E-state index >= 15 is 0 Å². The molecule has 0 spiro atoms. The van der Waals surface area contributed by atoms with Crippen molar-refractivity contribution in [2.75, 3.05) is 11.6 Å². The third-order valence-corrected chi connectivity index (χ3v) is 6.86. The van der Waals surface area contributed by atoms with Crippen LogP contribution in [0.5, 0.6) is 0 Å². The third kappa shape index (κ3) is 4.12. The lowest BCUT2D eigenvalue weighted by Crippen LogP contribution is -2.40. The smallest absolute Gasteiger partial charge is 0.267 e. The third-order valence-electron chi connectivity index (χ3n) is 5.87. The van der Waals surface area contributed by atoms with Gasteiger partial charge in [-0.25, -0.2) is 0 Å². The highest BCUT2D eigenvalue weighted by atomic mass is 32.1. The molecule has 0 saturated carbocycles. The van der Waals surface area contributed by atoms with Crippen molar-refractivity contribution in [1.82, 2.24) is 10.3 Å². The number of aromatic nitrogens is 1. The molecule has 0 bridgehead atoms. The molecule has 2 aromatic heterocycles. The van der Waals surface area contributed by atoms with E-state index in [-0.39, 0.29) is 18.2 Å².